The molecule has 0 aromatic rings. The van der Waals surface area contributed by atoms with E-state index in [9.17, 15) is 22.0 Å². The zero-order valence-corrected chi connectivity index (χ0v) is 7.17. The standard InChI is InChI=1S/C7H12F5N/c1-5(6(8)9)13-4-2-3-7(10,11)12/h5-6,13H,2-4H2,1H3. The number of alkyl halides is 5. The molecule has 0 bridgehead atoms. The molecule has 1 nitrogen and oxygen atoms in total. The summed E-state index contributed by atoms with van der Waals surface area (Å²) in [6.45, 7) is 1.20. The van der Waals surface area contributed by atoms with E-state index in [1.54, 1.807) is 0 Å². The maximum Gasteiger partial charge on any atom is 0.389 e. The molecule has 6 heteroatoms. The van der Waals surface area contributed by atoms with Crippen molar-refractivity contribution in [1.82, 2.24) is 5.32 Å². The second kappa shape index (κ2) is 5.36. The van der Waals surface area contributed by atoms with E-state index < -0.39 is 25.1 Å². The lowest BCUT2D eigenvalue weighted by Crippen LogP contribution is -2.33. The fraction of sp³-hybridized carbons (Fsp3) is 1.00. The molecule has 0 aromatic heterocycles. The van der Waals surface area contributed by atoms with Crippen LogP contribution in [0.25, 0.3) is 0 Å². The smallest absolute Gasteiger partial charge is 0.309 e. The number of hydrogen-bond acceptors (Lipinski definition) is 1. The Morgan fingerprint density at radius 3 is 2.15 bits per heavy atom. The molecule has 0 aromatic carbocycles. The highest BCUT2D eigenvalue weighted by Gasteiger charge is 2.26. The third kappa shape index (κ3) is 7.95. The summed E-state index contributed by atoms with van der Waals surface area (Å²) in [7, 11) is 0. The second-order valence-corrected chi connectivity index (χ2v) is 2.80. The Morgan fingerprint density at radius 1 is 1.23 bits per heavy atom. The highest BCUT2D eigenvalue weighted by Crippen LogP contribution is 2.20. The molecule has 0 rings (SSSR count). The molecule has 0 radical (unpaired) electrons. The predicted octanol–water partition coefficient (Wildman–Crippen LogP) is 2.57. The lowest BCUT2D eigenvalue weighted by Gasteiger charge is -2.12. The van der Waals surface area contributed by atoms with Crippen LogP contribution in [-0.4, -0.2) is 25.2 Å². The van der Waals surface area contributed by atoms with Crippen molar-refractivity contribution in [2.75, 3.05) is 6.54 Å². The lowest BCUT2D eigenvalue weighted by molar-refractivity contribution is -0.135. The lowest BCUT2D eigenvalue weighted by atomic mass is 10.3. The summed E-state index contributed by atoms with van der Waals surface area (Å²) in [5.74, 6) is 0. The van der Waals surface area contributed by atoms with Gasteiger partial charge in [0, 0.05) is 6.42 Å². The summed E-state index contributed by atoms with van der Waals surface area (Å²) in [6, 6.07) is -1.05. The fourth-order valence-electron chi connectivity index (χ4n) is 0.708. The van der Waals surface area contributed by atoms with Crippen molar-refractivity contribution in [3.63, 3.8) is 0 Å². The molecule has 0 saturated heterocycles. The third-order valence-electron chi connectivity index (χ3n) is 1.48. The highest BCUT2D eigenvalue weighted by atomic mass is 19.4. The van der Waals surface area contributed by atoms with Gasteiger partial charge in [-0.15, -0.1) is 0 Å². The van der Waals surface area contributed by atoms with Gasteiger partial charge in [-0.3, -0.25) is 0 Å². The minimum absolute atomic E-state index is 0.0367. The molecule has 1 N–H and O–H groups in total. The number of rotatable bonds is 5. The summed E-state index contributed by atoms with van der Waals surface area (Å²) in [6.07, 6.45) is -7.84. The normalized spacial score (nSPS) is 15.0. The summed E-state index contributed by atoms with van der Waals surface area (Å²) in [4.78, 5) is 0. The van der Waals surface area contributed by atoms with Gasteiger partial charge in [-0.1, -0.05) is 0 Å². The number of hydrogen-bond donors (Lipinski definition) is 1. The molecular formula is C7H12F5N. The van der Waals surface area contributed by atoms with Gasteiger partial charge in [0.15, 0.2) is 0 Å². The van der Waals surface area contributed by atoms with Gasteiger partial charge in [-0.05, 0) is 19.9 Å². The van der Waals surface area contributed by atoms with E-state index in [-0.39, 0.29) is 13.0 Å². The third-order valence-corrected chi connectivity index (χ3v) is 1.48. The van der Waals surface area contributed by atoms with Crippen LogP contribution in [0.2, 0.25) is 0 Å². The van der Waals surface area contributed by atoms with Crippen molar-refractivity contribution in [2.45, 2.75) is 38.4 Å². The first kappa shape index (κ1) is 12.6. The van der Waals surface area contributed by atoms with E-state index in [4.69, 9.17) is 0 Å². The fourth-order valence-corrected chi connectivity index (χ4v) is 0.708. The van der Waals surface area contributed by atoms with Crippen LogP contribution >= 0.6 is 0 Å². The molecule has 0 amide bonds. The van der Waals surface area contributed by atoms with Crippen molar-refractivity contribution < 1.29 is 22.0 Å². The minimum atomic E-state index is -4.20. The van der Waals surface area contributed by atoms with Crippen LogP contribution in [0.1, 0.15) is 19.8 Å². The second-order valence-electron chi connectivity index (χ2n) is 2.80. The average Bonchev–Trinajstić information content (AvgIpc) is 1.95. The monoisotopic (exact) mass is 205 g/mol. The maximum atomic E-state index is 11.8. The molecule has 0 aliphatic carbocycles. The van der Waals surface area contributed by atoms with Crippen molar-refractivity contribution in [3.8, 4) is 0 Å². The Kier molecular flexibility index (Phi) is 5.20. The summed E-state index contributed by atoms with van der Waals surface area (Å²) >= 11 is 0. The summed E-state index contributed by atoms with van der Waals surface area (Å²) in [5.41, 5.74) is 0. The van der Waals surface area contributed by atoms with Gasteiger partial charge < -0.3 is 5.32 Å². The van der Waals surface area contributed by atoms with Crippen LogP contribution in [0, 0.1) is 0 Å². The van der Waals surface area contributed by atoms with Crippen molar-refractivity contribution in [3.05, 3.63) is 0 Å². The van der Waals surface area contributed by atoms with E-state index >= 15 is 0 Å². The van der Waals surface area contributed by atoms with Gasteiger partial charge in [-0.25, -0.2) is 8.78 Å². The Bertz CT molecular complexity index is 133. The molecular weight excluding hydrogens is 193 g/mol. The zero-order chi connectivity index (χ0) is 10.5. The summed E-state index contributed by atoms with van der Waals surface area (Å²) in [5, 5.41) is 2.30. The Morgan fingerprint density at radius 2 is 1.77 bits per heavy atom. The molecule has 0 aliphatic heterocycles. The van der Waals surface area contributed by atoms with Gasteiger partial charge in [-0.2, -0.15) is 13.2 Å². The van der Waals surface area contributed by atoms with Crippen molar-refractivity contribution in [1.29, 1.82) is 0 Å². The molecule has 1 atom stereocenters. The van der Waals surface area contributed by atoms with Crippen molar-refractivity contribution >= 4 is 0 Å². The van der Waals surface area contributed by atoms with E-state index in [2.05, 4.69) is 5.32 Å². The van der Waals surface area contributed by atoms with Crippen LogP contribution in [0.4, 0.5) is 22.0 Å². The van der Waals surface area contributed by atoms with Crippen LogP contribution in [0.5, 0.6) is 0 Å². The van der Waals surface area contributed by atoms with Gasteiger partial charge in [0.2, 0.25) is 0 Å². The van der Waals surface area contributed by atoms with Crippen LogP contribution < -0.4 is 5.32 Å². The van der Waals surface area contributed by atoms with Crippen LogP contribution in [0.15, 0.2) is 0 Å². The molecule has 1 unspecified atom stereocenters. The van der Waals surface area contributed by atoms with E-state index in [0.717, 1.165) is 0 Å². The minimum Gasteiger partial charge on any atom is -0.309 e. The predicted molar refractivity (Wildman–Crippen MR) is 38.8 cm³/mol. The number of halogens is 5. The molecule has 0 saturated carbocycles. The van der Waals surface area contributed by atoms with Gasteiger partial charge in [0.1, 0.15) is 0 Å². The first-order valence-corrected chi connectivity index (χ1v) is 3.91. The zero-order valence-electron chi connectivity index (χ0n) is 7.17. The quantitative estimate of drug-likeness (QED) is 0.537. The van der Waals surface area contributed by atoms with Gasteiger partial charge in [0.25, 0.3) is 6.43 Å². The van der Waals surface area contributed by atoms with E-state index in [0.29, 0.717) is 0 Å². The van der Waals surface area contributed by atoms with Crippen molar-refractivity contribution in [2.24, 2.45) is 0 Å². The molecule has 0 fully saturated rings. The first-order chi connectivity index (χ1) is 5.83. The maximum absolute atomic E-state index is 11.8. The molecule has 0 aliphatic rings. The van der Waals surface area contributed by atoms with E-state index in [1.807, 2.05) is 0 Å². The molecule has 80 valence electrons. The molecule has 13 heavy (non-hydrogen) atoms. The summed E-state index contributed by atoms with van der Waals surface area (Å²) < 4.78 is 58.3. The van der Waals surface area contributed by atoms with E-state index in [1.165, 1.54) is 6.92 Å². The molecule has 0 spiro atoms. The van der Waals surface area contributed by atoms with Crippen LogP contribution in [-0.2, 0) is 0 Å². The Hall–Kier alpha value is -0.390. The van der Waals surface area contributed by atoms with Crippen LogP contribution in [0.3, 0.4) is 0 Å². The number of nitrogens with one attached hydrogen (secondary N) is 1. The SMILES string of the molecule is CC(NCCCC(F)(F)F)C(F)F. The Labute approximate surface area is 73.3 Å². The van der Waals surface area contributed by atoms with Gasteiger partial charge >= 0.3 is 6.18 Å². The first-order valence-electron chi connectivity index (χ1n) is 3.91. The van der Waals surface area contributed by atoms with Gasteiger partial charge in [0.05, 0.1) is 6.04 Å². The topological polar surface area (TPSA) is 12.0 Å². The largest absolute Gasteiger partial charge is 0.389 e. The average molecular weight is 205 g/mol. The molecule has 0 heterocycles. The highest BCUT2D eigenvalue weighted by molar-refractivity contribution is 4.63. The Balaban J connectivity index is 3.36.